The van der Waals surface area contributed by atoms with E-state index in [1.54, 1.807) is 0 Å². The van der Waals surface area contributed by atoms with E-state index in [0.717, 1.165) is 0 Å². The Bertz CT molecular complexity index is 454. The van der Waals surface area contributed by atoms with Crippen LogP contribution in [0.4, 0.5) is 0 Å². The number of amides is 1. The molecule has 2 unspecified atom stereocenters. The standard InChI is InChI=1S/C16H29NO4Si/c1-11(21-22(6,7)16(2,3)4)14-13(17-15(14)19)10-12(18)8-9-20-5/h8-9,11,13-14H,10H2,1-7H3,(H,17,19)/b9-8+/t11-,13?,14?/m1/s1. The van der Waals surface area contributed by atoms with Crippen LogP contribution in [-0.4, -0.2) is 39.3 Å². The molecule has 0 saturated carbocycles. The van der Waals surface area contributed by atoms with E-state index in [9.17, 15) is 9.59 Å². The first kappa shape index (κ1) is 18.9. The third-order valence-corrected chi connectivity index (χ3v) is 9.24. The van der Waals surface area contributed by atoms with E-state index in [4.69, 9.17) is 9.16 Å². The first-order valence-corrected chi connectivity index (χ1v) is 10.6. The third kappa shape index (κ3) is 4.43. The van der Waals surface area contributed by atoms with E-state index in [0.29, 0.717) is 0 Å². The Hall–Kier alpha value is -1.14. The number of β-lactam (4-membered cyclic amide) rings is 1. The molecule has 126 valence electrons. The van der Waals surface area contributed by atoms with Gasteiger partial charge in [0, 0.05) is 12.5 Å². The normalized spacial score (nSPS) is 23.9. The minimum Gasteiger partial charge on any atom is -0.504 e. The van der Waals surface area contributed by atoms with E-state index < -0.39 is 8.32 Å². The van der Waals surface area contributed by atoms with Crippen molar-refractivity contribution in [3.8, 4) is 0 Å². The molecule has 0 aliphatic carbocycles. The van der Waals surface area contributed by atoms with Gasteiger partial charge >= 0.3 is 0 Å². The van der Waals surface area contributed by atoms with E-state index in [1.807, 2.05) is 6.92 Å². The van der Waals surface area contributed by atoms with Crippen LogP contribution in [0.1, 0.15) is 34.1 Å². The molecule has 0 aromatic heterocycles. The molecular weight excluding hydrogens is 298 g/mol. The zero-order valence-electron chi connectivity index (χ0n) is 14.7. The van der Waals surface area contributed by atoms with Crippen LogP contribution >= 0.6 is 0 Å². The Labute approximate surface area is 134 Å². The van der Waals surface area contributed by atoms with Gasteiger partial charge < -0.3 is 14.5 Å². The highest BCUT2D eigenvalue weighted by Crippen LogP contribution is 2.39. The minimum atomic E-state index is -1.93. The molecular formula is C16H29NO4Si. The highest BCUT2D eigenvalue weighted by atomic mass is 28.4. The fraction of sp³-hybridized carbons (Fsp3) is 0.750. The predicted molar refractivity (Wildman–Crippen MR) is 88.9 cm³/mol. The van der Waals surface area contributed by atoms with Crippen molar-refractivity contribution in [2.45, 2.75) is 64.4 Å². The second kappa shape index (κ2) is 6.96. The highest BCUT2D eigenvalue weighted by molar-refractivity contribution is 6.74. The molecule has 1 rings (SSSR count). The molecule has 5 nitrogen and oxygen atoms in total. The number of carbonyl (C=O) groups excluding carboxylic acids is 2. The smallest absolute Gasteiger partial charge is 0.228 e. The van der Waals surface area contributed by atoms with Crippen LogP contribution in [0.25, 0.3) is 0 Å². The quantitative estimate of drug-likeness (QED) is 0.338. The van der Waals surface area contributed by atoms with Crippen molar-refractivity contribution in [1.82, 2.24) is 5.32 Å². The van der Waals surface area contributed by atoms with Gasteiger partial charge in [-0.3, -0.25) is 9.59 Å². The van der Waals surface area contributed by atoms with Crippen LogP contribution in [0, 0.1) is 5.92 Å². The molecule has 1 aliphatic rings. The van der Waals surface area contributed by atoms with E-state index in [-0.39, 0.29) is 41.2 Å². The lowest BCUT2D eigenvalue weighted by Crippen LogP contribution is -2.64. The summed E-state index contributed by atoms with van der Waals surface area (Å²) in [5, 5.41) is 2.90. The summed E-state index contributed by atoms with van der Waals surface area (Å²) in [5.74, 6) is -0.342. The number of methoxy groups -OCH3 is 1. The van der Waals surface area contributed by atoms with Crippen molar-refractivity contribution in [2.75, 3.05) is 7.11 Å². The van der Waals surface area contributed by atoms with Crippen LogP contribution in [0.15, 0.2) is 12.3 Å². The van der Waals surface area contributed by atoms with Crippen LogP contribution in [-0.2, 0) is 18.8 Å². The Balaban J connectivity index is 2.67. The molecule has 1 saturated heterocycles. The summed E-state index contributed by atoms with van der Waals surface area (Å²) in [7, 11) is -0.439. The van der Waals surface area contributed by atoms with Crippen molar-refractivity contribution >= 4 is 20.0 Å². The fourth-order valence-electron chi connectivity index (χ4n) is 2.32. The zero-order valence-corrected chi connectivity index (χ0v) is 15.7. The number of ketones is 1. The molecule has 0 radical (unpaired) electrons. The second-order valence-electron chi connectivity index (χ2n) is 7.43. The Kier molecular flexibility index (Phi) is 5.98. The number of hydrogen-bond acceptors (Lipinski definition) is 4. The predicted octanol–water partition coefficient (Wildman–Crippen LogP) is 2.63. The number of allylic oxidation sites excluding steroid dienone is 1. The van der Waals surface area contributed by atoms with Crippen molar-refractivity contribution in [3.63, 3.8) is 0 Å². The topological polar surface area (TPSA) is 64.6 Å². The van der Waals surface area contributed by atoms with Crippen LogP contribution in [0.3, 0.4) is 0 Å². The van der Waals surface area contributed by atoms with Crippen LogP contribution in [0.2, 0.25) is 18.1 Å². The molecule has 0 spiro atoms. The van der Waals surface area contributed by atoms with Crippen LogP contribution in [0.5, 0.6) is 0 Å². The maximum absolute atomic E-state index is 11.9. The maximum Gasteiger partial charge on any atom is 0.228 e. The summed E-state index contributed by atoms with van der Waals surface area (Å²) in [5.41, 5.74) is 0. The number of nitrogens with one attached hydrogen (secondary N) is 1. The first-order valence-electron chi connectivity index (χ1n) is 7.70. The monoisotopic (exact) mass is 327 g/mol. The number of carbonyl (C=O) groups is 2. The van der Waals surface area contributed by atoms with Crippen molar-refractivity contribution in [1.29, 1.82) is 0 Å². The second-order valence-corrected chi connectivity index (χ2v) is 12.2. The molecule has 1 fully saturated rings. The molecule has 1 heterocycles. The maximum atomic E-state index is 11.9. The number of hydrogen-bond donors (Lipinski definition) is 1. The first-order chi connectivity index (χ1) is 9.99. The van der Waals surface area contributed by atoms with Gasteiger partial charge in [0.1, 0.15) is 0 Å². The van der Waals surface area contributed by atoms with Gasteiger partial charge in [-0.2, -0.15) is 0 Å². The van der Waals surface area contributed by atoms with Gasteiger partial charge in [-0.15, -0.1) is 0 Å². The number of ether oxygens (including phenoxy) is 1. The van der Waals surface area contributed by atoms with Crippen molar-refractivity contribution in [3.05, 3.63) is 12.3 Å². The zero-order chi connectivity index (χ0) is 17.1. The van der Waals surface area contributed by atoms with Crippen molar-refractivity contribution < 1.29 is 18.8 Å². The summed E-state index contributed by atoms with van der Waals surface area (Å²) < 4.78 is 11.0. The van der Waals surface area contributed by atoms with E-state index >= 15 is 0 Å². The van der Waals surface area contributed by atoms with Gasteiger partial charge in [-0.1, -0.05) is 20.8 Å². The fourth-order valence-corrected chi connectivity index (χ4v) is 3.75. The molecule has 1 N–H and O–H groups in total. The van der Waals surface area contributed by atoms with Crippen LogP contribution < -0.4 is 5.32 Å². The summed E-state index contributed by atoms with van der Waals surface area (Å²) in [4.78, 5) is 23.7. The minimum absolute atomic E-state index is 0.0280. The van der Waals surface area contributed by atoms with Gasteiger partial charge in [0.25, 0.3) is 0 Å². The van der Waals surface area contributed by atoms with Gasteiger partial charge in [0.15, 0.2) is 14.1 Å². The molecule has 1 aliphatic heterocycles. The lowest BCUT2D eigenvalue weighted by molar-refractivity contribution is -0.140. The molecule has 0 aromatic carbocycles. The molecule has 1 amide bonds. The molecule has 6 heteroatoms. The largest absolute Gasteiger partial charge is 0.504 e. The van der Waals surface area contributed by atoms with E-state index in [1.165, 1.54) is 19.4 Å². The highest BCUT2D eigenvalue weighted by Gasteiger charge is 2.47. The third-order valence-electron chi connectivity index (χ3n) is 4.67. The SMILES string of the molecule is CO/C=C/C(=O)CC1NC(=O)C1[C@@H](C)O[Si](C)(C)C(C)(C)C. The lowest BCUT2D eigenvalue weighted by Gasteiger charge is -2.45. The average Bonchev–Trinajstić information content (AvgIpc) is 2.33. The number of rotatable bonds is 7. The molecule has 3 atom stereocenters. The Morgan fingerprint density at radius 2 is 2.00 bits per heavy atom. The average molecular weight is 327 g/mol. The van der Waals surface area contributed by atoms with Gasteiger partial charge in [0.2, 0.25) is 5.91 Å². The Morgan fingerprint density at radius 3 is 2.45 bits per heavy atom. The molecule has 22 heavy (non-hydrogen) atoms. The Morgan fingerprint density at radius 1 is 1.41 bits per heavy atom. The molecule has 0 aromatic rings. The van der Waals surface area contributed by atoms with E-state index in [2.05, 4.69) is 39.2 Å². The summed E-state index contributed by atoms with van der Waals surface area (Å²) in [6.45, 7) is 12.8. The lowest BCUT2D eigenvalue weighted by atomic mass is 9.83. The molecule has 0 bridgehead atoms. The summed E-state index contributed by atoms with van der Waals surface area (Å²) in [6.07, 6.45) is 2.84. The summed E-state index contributed by atoms with van der Waals surface area (Å²) >= 11 is 0. The van der Waals surface area contributed by atoms with Gasteiger partial charge in [-0.05, 0) is 25.1 Å². The summed E-state index contributed by atoms with van der Waals surface area (Å²) in [6, 6.07) is -0.152. The van der Waals surface area contributed by atoms with Crippen molar-refractivity contribution in [2.24, 2.45) is 5.92 Å². The van der Waals surface area contributed by atoms with Gasteiger partial charge in [0.05, 0.1) is 31.4 Å². The van der Waals surface area contributed by atoms with Gasteiger partial charge in [-0.25, -0.2) is 0 Å².